The molecule has 2 atom stereocenters. The SMILES string of the molecule is CCOC(=O)C1CCN(CCCOc2ccc(-c3cccc([C@H]4CCN(C(=O)OC(C)(C)C)C[C@@H]4C(=O)N(Cc4cn(CCCOC)c5ccccc45)C4CC4)c3)cc2)CC1. The summed E-state index contributed by atoms with van der Waals surface area (Å²) in [5.74, 6) is 0.411. The normalized spacial score (nSPS) is 18.9. The van der Waals surface area contributed by atoms with Crippen molar-refractivity contribution in [3.63, 3.8) is 0 Å². The van der Waals surface area contributed by atoms with E-state index in [0.717, 1.165) is 92.7 Å². The van der Waals surface area contributed by atoms with Gasteiger partial charge in [0.25, 0.3) is 0 Å². The van der Waals surface area contributed by atoms with Gasteiger partial charge in [0.15, 0.2) is 0 Å². The summed E-state index contributed by atoms with van der Waals surface area (Å²) in [6, 6.07) is 25.5. The molecule has 1 aromatic heterocycles. The molecule has 0 bridgehead atoms. The molecule has 61 heavy (non-hydrogen) atoms. The van der Waals surface area contributed by atoms with Crippen LogP contribution in [0.2, 0.25) is 0 Å². The number of rotatable bonds is 17. The van der Waals surface area contributed by atoms with Gasteiger partial charge in [0.05, 0.1) is 25.0 Å². The molecule has 1 aliphatic carbocycles. The molecule has 11 nitrogen and oxygen atoms in total. The predicted molar refractivity (Wildman–Crippen MR) is 238 cm³/mol. The number of amides is 2. The Kier molecular flexibility index (Phi) is 14.7. The molecular formula is C50H66N4O7. The van der Waals surface area contributed by atoms with Crippen molar-refractivity contribution >= 4 is 28.9 Å². The van der Waals surface area contributed by atoms with Crippen LogP contribution in [0.4, 0.5) is 4.79 Å². The number of likely N-dealkylation sites (tertiary alicyclic amines) is 2. The first kappa shape index (κ1) is 44.2. The number of carbonyl (C=O) groups excluding carboxylic acids is 3. The standard InChI is InChI=1S/C50H66N4O7/c1-6-59-48(56)37-22-27-51(28-23-37)25-10-31-60-42-20-16-36(17-21-42)38-12-9-13-39(32-38)43-24-29-53(49(57)61-50(2,3)4)35-45(43)47(55)54(41-18-19-41)34-40-33-52(26-11-30-58-5)46-15-8-7-14-44(40)46/h7-9,12-17,20-21,32-33,37,41,43,45H,6,10-11,18-19,22-31,34-35H2,1-5H3/t43-,45+/m1/s1. The monoisotopic (exact) mass is 834 g/mol. The van der Waals surface area contributed by atoms with Gasteiger partial charge in [-0.05, 0) is 132 Å². The van der Waals surface area contributed by atoms with E-state index in [4.69, 9.17) is 18.9 Å². The van der Waals surface area contributed by atoms with E-state index in [9.17, 15) is 9.59 Å². The van der Waals surface area contributed by atoms with Gasteiger partial charge in [-0.25, -0.2) is 4.79 Å². The average Bonchev–Trinajstić information content (AvgIpc) is 4.05. The third kappa shape index (κ3) is 11.5. The zero-order chi connectivity index (χ0) is 42.9. The molecule has 3 aliphatic rings. The molecule has 0 radical (unpaired) electrons. The van der Waals surface area contributed by atoms with Gasteiger partial charge < -0.3 is 38.2 Å². The molecule has 3 heterocycles. The fourth-order valence-electron chi connectivity index (χ4n) is 9.10. The number of esters is 1. The summed E-state index contributed by atoms with van der Waals surface area (Å²) in [6.45, 7) is 14.2. The van der Waals surface area contributed by atoms with Crippen molar-refractivity contribution in [2.75, 3.05) is 59.7 Å². The Morgan fingerprint density at radius 1 is 0.820 bits per heavy atom. The van der Waals surface area contributed by atoms with Crippen LogP contribution in [-0.2, 0) is 36.9 Å². The van der Waals surface area contributed by atoms with E-state index >= 15 is 4.79 Å². The highest BCUT2D eigenvalue weighted by Crippen LogP contribution is 2.40. The number of benzene rings is 3. The fourth-order valence-corrected chi connectivity index (χ4v) is 9.10. The number of nitrogens with zero attached hydrogens (tertiary/aromatic N) is 4. The van der Waals surface area contributed by atoms with Crippen LogP contribution < -0.4 is 4.74 Å². The van der Waals surface area contributed by atoms with Crippen molar-refractivity contribution in [3.05, 3.63) is 90.1 Å². The minimum Gasteiger partial charge on any atom is -0.494 e. The first-order valence-electron chi connectivity index (χ1n) is 22.6. The van der Waals surface area contributed by atoms with Crippen LogP contribution in [0.25, 0.3) is 22.0 Å². The van der Waals surface area contributed by atoms with Gasteiger partial charge in [-0.15, -0.1) is 0 Å². The molecule has 4 aromatic rings. The van der Waals surface area contributed by atoms with Crippen molar-refractivity contribution in [2.45, 2.75) is 103 Å². The molecule has 7 rings (SSSR count). The Bertz CT molecular complexity index is 2080. The molecule has 0 unspecified atom stereocenters. The van der Waals surface area contributed by atoms with Crippen LogP contribution in [-0.4, -0.2) is 109 Å². The van der Waals surface area contributed by atoms with Crippen molar-refractivity contribution in [1.29, 1.82) is 0 Å². The number of methoxy groups -OCH3 is 1. The van der Waals surface area contributed by atoms with Gasteiger partial charge in [-0.3, -0.25) is 9.59 Å². The van der Waals surface area contributed by atoms with Crippen LogP contribution in [0.3, 0.4) is 0 Å². The lowest BCUT2D eigenvalue weighted by Gasteiger charge is -2.40. The molecule has 328 valence electrons. The minimum atomic E-state index is -0.634. The van der Waals surface area contributed by atoms with Gasteiger partial charge in [0, 0.05) is 69.6 Å². The number of ether oxygens (including phenoxy) is 4. The number of piperidine rings is 2. The molecule has 2 saturated heterocycles. The van der Waals surface area contributed by atoms with Crippen LogP contribution in [0.1, 0.15) is 89.7 Å². The van der Waals surface area contributed by atoms with E-state index in [-0.39, 0.29) is 35.8 Å². The Balaban J connectivity index is 1.04. The first-order chi connectivity index (χ1) is 29.5. The van der Waals surface area contributed by atoms with Gasteiger partial charge in [0.1, 0.15) is 11.4 Å². The van der Waals surface area contributed by atoms with Crippen molar-refractivity contribution in [2.24, 2.45) is 11.8 Å². The summed E-state index contributed by atoms with van der Waals surface area (Å²) < 4.78 is 24.8. The van der Waals surface area contributed by atoms with E-state index in [1.54, 1.807) is 12.0 Å². The number of hydrogen-bond donors (Lipinski definition) is 0. The number of carbonyl (C=O) groups is 3. The third-order valence-electron chi connectivity index (χ3n) is 12.4. The lowest BCUT2D eigenvalue weighted by atomic mass is 9.79. The maximum Gasteiger partial charge on any atom is 0.410 e. The van der Waals surface area contributed by atoms with Crippen molar-refractivity contribution in [3.8, 4) is 16.9 Å². The number of aryl methyl sites for hydroxylation is 1. The smallest absolute Gasteiger partial charge is 0.410 e. The van der Waals surface area contributed by atoms with E-state index in [1.807, 2.05) is 39.8 Å². The highest BCUT2D eigenvalue weighted by molar-refractivity contribution is 5.86. The Hall–Kier alpha value is -4.87. The number of para-hydroxylation sites is 1. The first-order valence-corrected chi connectivity index (χ1v) is 22.6. The van der Waals surface area contributed by atoms with E-state index in [2.05, 4.69) is 81.2 Å². The van der Waals surface area contributed by atoms with Crippen LogP contribution in [0.5, 0.6) is 5.75 Å². The van der Waals surface area contributed by atoms with E-state index in [1.165, 1.54) is 10.9 Å². The lowest BCUT2D eigenvalue weighted by molar-refractivity contribution is -0.149. The minimum absolute atomic E-state index is 0.0260. The fraction of sp³-hybridized carbons (Fsp3) is 0.540. The molecular weight excluding hydrogens is 769 g/mol. The number of hydrogen-bond acceptors (Lipinski definition) is 8. The molecule has 2 amide bonds. The van der Waals surface area contributed by atoms with Crippen LogP contribution in [0.15, 0.2) is 79.0 Å². The second-order valence-electron chi connectivity index (χ2n) is 18.1. The highest BCUT2D eigenvalue weighted by Gasteiger charge is 2.43. The Morgan fingerprint density at radius 2 is 1.57 bits per heavy atom. The van der Waals surface area contributed by atoms with Crippen molar-refractivity contribution < 1.29 is 33.3 Å². The average molecular weight is 835 g/mol. The summed E-state index contributed by atoms with van der Waals surface area (Å²) in [4.78, 5) is 47.0. The van der Waals surface area contributed by atoms with Gasteiger partial charge in [-0.2, -0.15) is 0 Å². The molecule has 0 N–H and O–H groups in total. The van der Waals surface area contributed by atoms with Gasteiger partial charge >= 0.3 is 12.1 Å². The van der Waals surface area contributed by atoms with Crippen molar-refractivity contribution in [1.82, 2.24) is 19.3 Å². The maximum absolute atomic E-state index is 15.1. The summed E-state index contributed by atoms with van der Waals surface area (Å²) in [5.41, 5.74) is 4.94. The van der Waals surface area contributed by atoms with Crippen LogP contribution in [0, 0.1) is 11.8 Å². The Morgan fingerprint density at radius 3 is 2.30 bits per heavy atom. The number of aromatic nitrogens is 1. The second-order valence-corrected chi connectivity index (χ2v) is 18.1. The molecule has 11 heteroatoms. The molecule has 0 spiro atoms. The zero-order valence-corrected chi connectivity index (χ0v) is 37.0. The largest absolute Gasteiger partial charge is 0.494 e. The quantitative estimate of drug-likeness (QED) is 0.0768. The van der Waals surface area contributed by atoms with Gasteiger partial charge in [0.2, 0.25) is 5.91 Å². The Labute approximate surface area is 362 Å². The summed E-state index contributed by atoms with van der Waals surface area (Å²) in [7, 11) is 1.73. The molecule has 2 aliphatic heterocycles. The molecule has 1 saturated carbocycles. The highest BCUT2D eigenvalue weighted by atomic mass is 16.6. The van der Waals surface area contributed by atoms with E-state index < -0.39 is 11.5 Å². The van der Waals surface area contributed by atoms with Gasteiger partial charge in [-0.1, -0.05) is 54.6 Å². The number of fused-ring (bicyclic) bond motifs is 1. The topological polar surface area (TPSA) is 103 Å². The summed E-state index contributed by atoms with van der Waals surface area (Å²) in [5, 5.41) is 1.17. The zero-order valence-electron chi connectivity index (χ0n) is 37.0. The summed E-state index contributed by atoms with van der Waals surface area (Å²) in [6.07, 6.45) is 8.00. The second kappa shape index (κ2) is 20.3. The molecule has 3 aromatic carbocycles. The maximum atomic E-state index is 15.1. The summed E-state index contributed by atoms with van der Waals surface area (Å²) >= 11 is 0. The molecule has 3 fully saturated rings. The predicted octanol–water partition coefficient (Wildman–Crippen LogP) is 8.92. The van der Waals surface area contributed by atoms with E-state index in [0.29, 0.717) is 45.9 Å². The lowest BCUT2D eigenvalue weighted by Crippen LogP contribution is -2.51. The van der Waals surface area contributed by atoms with Crippen LogP contribution >= 0.6 is 0 Å². The third-order valence-corrected chi connectivity index (χ3v) is 12.4.